The molecule has 0 aliphatic rings. The Morgan fingerprint density at radius 3 is 2.93 bits per heavy atom. The maximum Gasteiger partial charge on any atom is 0.170 e. The van der Waals surface area contributed by atoms with Crippen LogP contribution in [-0.4, -0.2) is 14.3 Å². The molecule has 78 valence electrons. The van der Waals surface area contributed by atoms with Crippen molar-refractivity contribution in [3.63, 3.8) is 0 Å². The van der Waals surface area contributed by atoms with Crippen molar-refractivity contribution < 1.29 is 0 Å². The van der Waals surface area contributed by atoms with E-state index in [-0.39, 0.29) is 0 Å². The molecule has 0 amide bonds. The molecule has 0 radical (unpaired) electrons. The summed E-state index contributed by atoms with van der Waals surface area (Å²) in [6.07, 6.45) is 1.78. The maximum absolute atomic E-state index is 5.69. The van der Waals surface area contributed by atoms with E-state index in [1.165, 1.54) is 11.5 Å². The normalized spacial score (nSPS) is 10.5. The summed E-state index contributed by atoms with van der Waals surface area (Å²) in [6.45, 7) is 1.89. The monoisotopic (exact) mass is 257 g/mol. The van der Waals surface area contributed by atoms with Gasteiger partial charge in [0.15, 0.2) is 4.34 Å². The molecular formula is C9H8ClN3S2. The van der Waals surface area contributed by atoms with Crippen LogP contribution in [0.1, 0.15) is 11.4 Å². The summed E-state index contributed by atoms with van der Waals surface area (Å²) < 4.78 is 5.10. The fourth-order valence-electron chi connectivity index (χ4n) is 0.974. The predicted molar refractivity (Wildman–Crippen MR) is 63.5 cm³/mol. The largest absolute Gasteiger partial charge is 0.244 e. The topological polar surface area (TPSA) is 38.7 Å². The van der Waals surface area contributed by atoms with Gasteiger partial charge in [0.05, 0.1) is 0 Å². The minimum atomic E-state index is 0.524. The van der Waals surface area contributed by atoms with Crippen LogP contribution in [0.4, 0.5) is 0 Å². The molecular weight excluding hydrogens is 250 g/mol. The number of thioether (sulfide) groups is 1. The molecule has 0 spiro atoms. The second-order valence-electron chi connectivity index (χ2n) is 2.89. The summed E-state index contributed by atoms with van der Waals surface area (Å²) >= 11 is 8.78. The standard InChI is InChI=1S/C9H8ClN3S2/c1-6-12-9(15-13-6)14-5-7-2-3-8(10)11-4-7/h2-4H,5H2,1H3. The van der Waals surface area contributed by atoms with Crippen molar-refractivity contribution in [2.45, 2.75) is 17.0 Å². The predicted octanol–water partition coefficient (Wildman–Crippen LogP) is 3.19. The quantitative estimate of drug-likeness (QED) is 0.625. The first-order valence-corrected chi connectivity index (χ1v) is 6.41. The van der Waals surface area contributed by atoms with Gasteiger partial charge < -0.3 is 0 Å². The minimum absolute atomic E-state index is 0.524. The summed E-state index contributed by atoms with van der Waals surface area (Å²) in [7, 11) is 0. The number of nitrogens with zero attached hydrogens (tertiary/aromatic N) is 3. The van der Waals surface area contributed by atoms with Gasteiger partial charge >= 0.3 is 0 Å². The molecule has 0 aliphatic carbocycles. The first-order chi connectivity index (χ1) is 7.24. The average molecular weight is 258 g/mol. The summed E-state index contributed by atoms with van der Waals surface area (Å²) in [5.74, 6) is 1.68. The Balaban J connectivity index is 1.96. The molecule has 3 nitrogen and oxygen atoms in total. The molecule has 2 aromatic rings. The number of rotatable bonds is 3. The number of hydrogen-bond donors (Lipinski definition) is 0. The van der Waals surface area contributed by atoms with E-state index in [2.05, 4.69) is 14.3 Å². The van der Waals surface area contributed by atoms with Crippen molar-refractivity contribution in [3.8, 4) is 0 Å². The Bertz CT molecular complexity index is 441. The van der Waals surface area contributed by atoms with E-state index in [0.717, 1.165) is 21.5 Å². The van der Waals surface area contributed by atoms with Gasteiger partial charge in [0.1, 0.15) is 11.0 Å². The van der Waals surface area contributed by atoms with Crippen molar-refractivity contribution in [1.29, 1.82) is 0 Å². The zero-order valence-corrected chi connectivity index (χ0v) is 10.4. The lowest BCUT2D eigenvalue weighted by atomic mass is 10.3. The highest BCUT2D eigenvalue weighted by molar-refractivity contribution is 8.00. The van der Waals surface area contributed by atoms with Gasteiger partial charge in [0.25, 0.3) is 0 Å². The molecule has 0 fully saturated rings. The molecule has 0 saturated carbocycles. The molecule has 0 saturated heterocycles. The van der Waals surface area contributed by atoms with Gasteiger partial charge in [0.2, 0.25) is 0 Å². The minimum Gasteiger partial charge on any atom is -0.244 e. The van der Waals surface area contributed by atoms with Crippen molar-refractivity contribution in [2.75, 3.05) is 0 Å². The van der Waals surface area contributed by atoms with Crippen LogP contribution in [0.5, 0.6) is 0 Å². The van der Waals surface area contributed by atoms with E-state index >= 15 is 0 Å². The zero-order valence-electron chi connectivity index (χ0n) is 7.98. The third kappa shape index (κ3) is 3.15. The van der Waals surface area contributed by atoms with Crippen molar-refractivity contribution in [2.24, 2.45) is 0 Å². The van der Waals surface area contributed by atoms with Gasteiger partial charge in [-0.15, -0.1) is 0 Å². The van der Waals surface area contributed by atoms with Crippen LogP contribution in [0.25, 0.3) is 0 Å². The highest BCUT2D eigenvalue weighted by Gasteiger charge is 2.01. The lowest BCUT2D eigenvalue weighted by Gasteiger charge is -1.97. The molecule has 0 atom stereocenters. The second-order valence-corrected chi connectivity index (χ2v) is 5.25. The van der Waals surface area contributed by atoms with E-state index in [4.69, 9.17) is 11.6 Å². The lowest BCUT2D eigenvalue weighted by molar-refractivity contribution is 1.10. The van der Waals surface area contributed by atoms with Crippen molar-refractivity contribution in [1.82, 2.24) is 14.3 Å². The third-order valence-electron chi connectivity index (χ3n) is 1.66. The highest BCUT2D eigenvalue weighted by Crippen LogP contribution is 2.24. The summed E-state index contributed by atoms with van der Waals surface area (Å²) in [6, 6.07) is 3.76. The van der Waals surface area contributed by atoms with Crippen LogP contribution in [0.2, 0.25) is 5.15 Å². The lowest BCUT2D eigenvalue weighted by Crippen LogP contribution is -1.82. The van der Waals surface area contributed by atoms with E-state index in [1.54, 1.807) is 24.0 Å². The van der Waals surface area contributed by atoms with Gasteiger partial charge in [-0.1, -0.05) is 29.4 Å². The number of halogens is 1. The van der Waals surface area contributed by atoms with Gasteiger partial charge in [-0.25, -0.2) is 9.97 Å². The van der Waals surface area contributed by atoms with Crippen LogP contribution in [0.3, 0.4) is 0 Å². The van der Waals surface area contributed by atoms with Gasteiger partial charge in [-0.3, -0.25) is 0 Å². The number of aromatic nitrogens is 3. The van der Waals surface area contributed by atoms with Crippen molar-refractivity contribution >= 4 is 34.9 Å². The Hall–Kier alpha value is -0.650. The maximum atomic E-state index is 5.69. The molecule has 2 heterocycles. The summed E-state index contributed by atoms with van der Waals surface area (Å²) in [5.41, 5.74) is 1.14. The van der Waals surface area contributed by atoms with Gasteiger partial charge in [-0.2, -0.15) is 4.37 Å². The third-order valence-corrected chi connectivity index (χ3v) is 3.88. The van der Waals surface area contributed by atoms with Crippen LogP contribution in [0.15, 0.2) is 22.7 Å². The van der Waals surface area contributed by atoms with Crippen LogP contribution in [-0.2, 0) is 5.75 Å². The van der Waals surface area contributed by atoms with E-state index < -0.39 is 0 Å². The fourth-order valence-corrected chi connectivity index (χ4v) is 2.67. The second kappa shape index (κ2) is 4.92. The van der Waals surface area contributed by atoms with Crippen LogP contribution < -0.4 is 0 Å². The van der Waals surface area contributed by atoms with Crippen molar-refractivity contribution in [3.05, 3.63) is 34.9 Å². The van der Waals surface area contributed by atoms with Gasteiger partial charge in [0, 0.05) is 11.9 Å². The number of aryl methyl sites for hydroxylation is 1. The zero-order chi connectivity index (χ0) is 10.7. The van der Waals surface area contributed by atoms with E-state index in [9.17, 15) is 0 Å². The highest BCUT2D eigenvalue weighted by atomic mass is 35.5. The Labute approximate surface area is 101 Å². The first kappa shape index (κ1) is 10.9. The Morgan fingerprint density at radius 1 is 1.47 bits per heavy atom. The van der Waals surface area contributed by atoms with Crippen LogP contribution in [0, 0.1) is 6.92 Å². The molecule has 2 aromatic heterocycles. The molecule has 2 rings (SSSR count). The van der Waals surface area contributed by atoms with E-state index in [0.29, 0.717) is 5.15 Å². The smallest absolute Gasteiger partial charge is 0.170 e. The molecule has 0 unspecified atom stereocenters. The Morgan fingerprint density at radius 2 is 2.33 bits per heavy atom. The molecule has 0 N–H and O–H groups in total. The Kier molecular flexibility index (Phi) is 3.56. The van der Waals surface area contributed by atoms with Gasteiger partial charge in [-0.05, 0) is 30.1 Å². The molecule has 0 aliphatic heterocycles. The molecule has 15 heavy (non-hydrogen) atoms. The number of hydrogen-bond acceptors (Lipinski definition) is 5. The SMILES string of the molecule is Cc1nsc(SCc2ccc(Cl)nc2)n1. The molecule has 0 aromatic carbocycles. The first-order valence-electron chi connectivity index (χ1n) is 4.27. The summed E-state index contributed by atoms with van der Waals surface area (Å²) in [5, 5.41) is 0.524. The summed E-state index contributed by atoms with van der Waals surface area (Å²) in [4.78, 5) is 8.28. The molecule has 6 heteroatoms. The molecule has 0 bridgehead atoms. The fraction of sp³-hybridized carbons (Fsp3) is 0.222. The number of pyridine rings is 1. The van der Waals surface area contributed by atoms with E-state index in [1.807, 2.05) is 13.0 Å². The average Bonchev–Trinajstić information content (AvgIpc) is 2.64. The van der Waals surface area contributed by atoms with Crippen LogP contribution >= 0.6 is 34.9 Å².